The summed E-state index contributed by atoms with van der Waals surface area (Å²) in [6.07, 6.45) is 2.22. The van der Waals surface area contributed by atoms with E-state index in [-0.39, 0.29) is 12.3 Å². The molecule has 3 unspecified atom stereocenters. The van der Waals surface area contributed by atoms with Gasteiger partial charge < -0.3 is 5.11 Å². The highest BCUT2D eigenvalue weighted by atomic mass is 16.4. The van der Waals surface area contributed by atoms with Crippen LogP contribution in [0, 0.1) is 5.92 Å². The maximum atomic E-state index is 11.2. The number of carboxylic acid groups (broad SMARTS) is 1. The molecule has 0 aromatic heterocycles. The van der Waals surface area contributed by atoms with Gasteiger partial charge in [-0.25, -0.2) is 0 Å². The Kier molecular flexibility index (Phi) is 2.85. The minimum absolute atomic E-state index is 0.245. The molecule has 2 nitrogen and oxygen atoms in total. The number of aliphatic carboxylic acids is 1. The fourth-order valence-corrected chi connectivity index (χ4v) is 4.33. The van der Waals surface area contributed by atoms with Gasteiger partial charge in [0.15, 0.2) is 0 Å². The summed E-state index contributed by atoms with van der Waals surface area (Å²) in [4.78, 5) is 11.2. The monoisotopic (exact) mass is 278 g/mol. The Bertz CT molecular complexity index is 704. The molecule has 3 aliphatic rings. The van der Waals surface area contributed by atoms with Gasteiger partial charge in [0.05, 0.1) is 0 Å². The minimum Gasteiger partial charge on any atom is -0.481 e. The summed E-state index contributed by atoms with van der Waals surface area (Å²) in [5.41, 5.74) is 5.59. The van der Waals surface area contributed by atoms with E-state index in [1.165, 1.54) is 22.3 Å². The zero-order valence-electron chi connectivity index (χ0n) is 11.8. The Hall–Kier alpha value is -2.09. The Morgan fingerprint density at radius 1 is 1.00 bits per heavy atom. The lowest BCUT2D eigenvalue weighted by molar-refractivity contribution is -0.138. The van der Waals surface area contributed by atoms with E-state index in [0.717, 1.165) is 12.8 Å². The van der Waals surface area contributed by atoms with E-state index in [1.807, 2.05) is 0 Å². The van der Waals surface area contributed by atoms with Crippen molar-refractivity contribution in [3.8, 4) is 0 Å². The van der Waals surface area contributed by atoms with E-state index in [9.17, 15) is 9.90 Å². The third kappa shape index (κ3) is 1.98. The second-order valence-electron chi connectivity index (χ2n) is 6.28. The Labute approximate surface area is 124 Å². The molecule has 0 saturated heterocycles. The van der Waals surface area contributed by atoms with Gasteiger partial charge in [-0.3, -0.25) is 4.79 Å². The van der Waals surface area contributed by atoms with Gasteiger partial charge in [-0.2, -0.15) is 0 Å². The van der Waals surface area contributed by atoms with Crippen molar-refractivity contribution >= 4 is 5.97 Å². The quantitative estimate of drug-likeness (QED) is 0.903. The van der Waals surface area contributed by atoms with E-state index in [4.69, 9.17) is 0 Å². The molecule has 3 atom stereocenters. The first-order chi connectivity index (χ1) is 10.2. The standard InChI is InChI=1S/C19H18O2/c20-19(21)11-13-10-18-14-6-2-1-5-12(14)9-17(13)15-7-3-4-8-16(15)18/h1-8,13,17-18H,9-11H2,(H,20,21). The third-order valence-corrected chi connectivity index (χ3v) is 5.19. The van der Waals surface area contributed by atoms with E-state index in [2.05, 4.69) is 48.5 Å². The summed E-state index contributed by atoms with van der Waals surface area (Å²) in [6, 6.07) is 17.3. The van der Waals surface area contributed by atoms with Crippen LogP contribution < -0.4 is 0 Å². The van der Waals surface area contributed by atoms with Crippen molar-refractivity contribution in [2.24, 2.45) is 5.92 Å². The van der Waals surface area contributed by atoms with Gasteiger partial charge in [0.2, 0.25) is 0 Å². The average Bonchev–Trinajstić information content (AvgIpc) is 2.72. The number of fused-ring (bicyclic) bond motifs is 1. The van der Waals surface area contributed by atoms with Crippen molar-refractivity contribution in [1.29, 1.82) is 0 Å². The van der Waals surface area contributed by atoms with Crippen LogP contribution in [0.15, 0.2) is 48.5 Å². The first-order valence-electron chi connectivity index (χ1n) is 7.62. The average molecular weight is 278 g/mol. The molecule has 2 heteroatoms. The second kappa shape index (κ2) is 4.73. The zero-order chi connectivity index (χ0) is 14.4. The molecule has 2 aromatic carbocycles. The van der Waals surface area contributed by atoms with E-state index >= 15 is 0 Å². The second-order valence-corrected chi connectivity index (χ2v) is 6.28. The maximum Gasteiger partial charge on any atom is 0.303 e. The number of hydrogen-bond acceptors (Lipinski definition) is 1. The van der Waals surface area contributed by atoms with Crippen molar-refractivity contribution in [3.05, 3.63) is 70.8 Å². The fourth-order valence-electron chi connectivity index (χ4n) is 4.33. The van der Waals surface area contributed by atoms with Crippen molar-refractivity contribution in [2.75, 3.05) is 0 Å². The molecule has 0 aliphatic heterocycles. The molecule has 0 amide bonds. The van der Waals surface area contributed by atoms with Gasteiger partial charge in [-0.05, 0) is 46.9 Å². The molecule has 0 fully saturated rings. The zero-order valence-corrected chi connectivity index (χ0v) is 11.8. The molecule has 0 heterocycles. The summed E-state index contributed by atoms with van der Waals surface area (Å²) in [5, 5.41) is 9.25. The van der Waals surface area contributed by atoms with Crippen LogP contribution in [0.5, 0.6) is 0 Å². The van der Waals surface area contributed by atoms with Gasteiger partial charge in [0.1, 0.15) is 0 Å². The highest BCUT2D eigenvalue weighted by molar-refractivity contribution is 5.67. The van der Waals surface area contributed by atoms with Crippen LogP contribution >= 0.6 is 0 Å². The Morgan fingerprint density at radius 2 is 1.67 bits per heavy atom. The largest absolute Gasteiger partial charge is 0.481 e. The van der Waals surface area contributed by atoms with Gasteiger partial charge in [0.25, 0.3) is 0 Å². The SMILES string of the molecule is O=C(O)CC1CC2c3ccccc3CC1c1ccccc12. The van der Waals surface area contributed by atoms with Crippen LogP contribution in [0.3, 0.4) is 0 Å². The molecule has 2 aromatic rings. The summed E-state index contributed by atoms with van der Waals surface area (Å²) < 4.78 is 0. The van der Waals surface area contributed by atoms with Crippen LogP contribution in [0.25, 0.3) is 0 Å². The molecule has 0 spiro atoms. The predicted molar refractivity (Wildman–Crippen MR) is 81.5 cm³/mol. The lowest BCUT2D eigenvalue weighted by Crippen LogP contribution is -2.24. The van der Waals surface area contributed by atoms with Gasteiger partial charge >= 0.3 is 5.97 Å². The van der Waals surface area contributed by atoms with Crippen LogP contribution in [0.2, 0.25) is 0 Å². The molecule has 106 valence electrons. The lowest BCUT2D eigenvalue weighted by atomic mass is 9.69. The molecule has 1 N–H and O–H groups in total. The highest BCUT2D eigenvalue weighted by Crippen LogP contribution is 2.51. The number of hydrogen-bond donors (Lipinski definition) is 1. The Balaban J connectivity index is 1.89. The first kappa shape index (κ1) is 12.6. The molecule has 21 heavy (non-hydrogen) atoms. The van der Waals surface area contributed by atoms with E-state index < -0.39 is 5.97 Å². The van der Waals surface area contributed by atoms with Crippen molar-refractivity contribution in [2.45, 2.75) is 31.1 Å². The van der Waals surface area contributed by atoms with Crippen molar-refractivity contribution in [3.63, 3.8) is 0 Å². The number of rotatable bonds is 2. The van der Waals surface area contributed by atoms with Crippen LogP contribution in [0.1, 0.15) is 46.9 Å². The van der Waals surface area contributed by atoms with Crippen LogP contribution in [0.4, 0.5) is 0 Å². The number of carbonyl (C=O) groups is 1. The molecule has 0 saturated carbocycles. The predicted octanol–water partition coefficient (Wildman–Crippen LogP) is 3.95. The lowest BCUT2D eigenvalue weighted by Gasteiger charge is -2.34. The minimum atomic E-state index is -0.672. The topological polar surface area (TPSA) is 37.3 Å². The smallest absolute Gasteiger partial charge is 0.303 e. The van der Waals surface area contributed by atoms with Crippen molar-refractivity contribution < 1.29 is 9.90 Å². The van der Waals surface area contributed by atoms with Gasteiger partial charge in [-0.15, -0.1) is 0 Å². The summed E-state index contributed by atoms with van der Waals surface area (Å²) >= 11 is 0. The molecular weight excluding hydrogens is 260 g/mol. The van der Waals surface area contributed by atoms with E-state index in [1.54, 1.807) is 0 Å². The van der Waals surface area contributed by atoms with Gasteiger partial charge in [-0.1, -0.05) is 48.5 Å². The van der Waals surface area contributed by atoms with E-state index in [0.29, 0.717) is 11.8 Å². The molecule has 3 aliphatic carbocycles. The maximum absolute atomic E-state index is 11.2. The molecular formula is C19H18O2. The summed E-state index contributed by atoms with van der Waals surface area (Å²) in [5.74, 6) is 0.279. The first-order valence-corrected chi connectivity index (χ1v) is 7.62. The summed E-state index contributed by atoms with van der Waals surface area (Å²) in [7, 11) is 0. The third-order valence-electron chi connectivity index (χ3n) is 5.19. The van der Waals surface area contributed by atoms with Crippen LogP contribution in [-0.2, 0) is 11.2 Å². The molecule has 2 bridgehead atoms. The molecule has 5 rings (SSSR count). The Morgan fingerprint density at radius 3 is 2.43 bits per heavy atom. The normalized spacial score (nSPS) is 25.8. The fraction of sp³-hybridized carbons (Fsp3) is 0.316. The van der Waals surface area contributed by atoms with Gasteiger partial charge in [0, 0.05) is 12.3 Å². The van der Waals surface area contributed by atoms with Crippen molar-refractivity contribution in [1.82, 2.24) is 0 Å². The molecule has 0 radical (unpaired) electrons. The highest BCUT2D eigenvalue weighted by Gasteiger charge is 2.40. The number of carboxylic acids is 1. The van der Waals surface area contributed by atoms with Crippen LogP contribution in [-0.4, -0.2) is 11.1 Å². The number of benzene rings is 2. The summed E-state index contributed by atoms with van der Waals surface area (Å²) in [6.45, 7) is 0.